The van der Waals surface area contributed by atoms with Crippen molar-refractivity contribution in [1.29, 1.82) is 0 Å². The number of fused-ring (bicyclic) bond motifs is 4. The Morgan fingerprint density at radius 2 is 1.48 bits per heavy atom. The van der Waals surface area contributed by atoms with E-state index in [9.17, 15) is 27.6 Å². The van der Waals surface area contributed by atoms with Gasteiger partial charge in [-0.3, -0.25) is 23.9 Å². The SMILES string of the molecule is O=C(NC1CCCCC/C=C\C2CC2(C(=O)NS(=O)(=O)C2CC2)NC(=O)[C@@H]2CC(n3ncc(-c4cccc5ccccc45)c(-c4cccc5ccccc45)c3=O)CN2C1=O)OC1CCC1. The zero-order chi connectivity index (χ0) is 44.9. The van der Waals surface area contributed by atoms with Gasteiger partial charge in [0.25, 0.3) is 11.5 Å². The highest BCUT2D eigenvalue weighted by Gasteiger charge is 2.62. The van der Waals surface area contributed by atoms with E-state index >= 15 is 4.79 Å². The minimum absolute atomic E-state index is 0.0507. The summed E-state index contributed by atoms with van der Waals surface area (Å²) in [5.41, 5.74) is 0.567. The monoisotopic (exact) mass is 896 g/mol. The topological polar surface area (TPSA) is 186 Å². The summed E-state index contributed by atoms with van der Waals surface area (Å²) in [6.07, 6.45) is 11.1. The van der Waals surface area contributed by atoms with E-state index in [2.05, 4.69) is 15.4 Å². The third-order valence-electron chi connectivity index (χ3n) is 14.0. The van der Waals surface area contributed by atoms with Crippen LogP contribution < -0.4 is 20.9 Å². The molecule has 3 saturated carbocycles. The predicted octanol–water partition coefficient (Wildman–Crippen LogP) is 6.68. The van der Waals surface area contributed by atoms with Gasteiger partial charge in [0, 0.05) is 24.4 Å². The number of carbonyl (C=O) groups is 4. The Bertz CT molecular complexity index is 2920. The minimum atomic E-state index is -3.95. The van der Waals surface area contributed by atoms with Crippen molar-refractivity contribution in [3.05, 3.63) is 114 Å². The molecule has 4 amide bonds. The van der Waals surface area contributed by atoms with Gasteiger partial charge in [-0.15, -0.1) is 0 Å². The van der Waals surface area contributed by atoms with E-state index in [0.717, 1.165) is 59.2 Å². The van der Waals surface area contributed by atoms with E-state index in [1.807, 2.05) is 97.1 Å². The lowest BCUT2D eigenvalue weighted by molar-refractivity contribution is -0.141. The number of amides is 4. The van der Waals surface area contributed by atoms with Crippen molar-refractivity contribution in [2.24, 2.45) is 5.92 Å². The number of benzene rings is 4. The van der Waals surface area contributed by atoms with E-state index in [-0.39, 0.29) is 31.9 Å². The van der Waals surface area contributed by atoms with E-state index in [1.54, 1.807) is 6.20 Å². The van der Waals surface area contributed by atoms with Gasteiger partial charge in [-0.2, -0.15) is 5.10 Å². The number of allylic oxidation sites excluding steroid dienone is 1. The molecule has 0 radical (unpaired) electrons. The number of alkyl carbamates (subject to hydrolysis) is 1. The summed E-state index contributed by atoms with van der Waals surface area (Å²) in [7, 11) is -3.95. The number of carbonyl (C=O) groups excluding carboxylic acids is 4. The van der Waals surface area contributed by atoms with Crippen molar-refractivity contribution >= 4 is 55.4 Å². The quantitative estimate of drug-likeness (QED) is 0.143. The second kappa shape index (κ2) is 17.2. The van der Waals surface area contributed by atoms with Gasteiger partial charge in [0.05, 0.1) is 23.1 Å². The maximum absolute atomic E-state index is 15.4. The molecule has 10 rings (SSSR count). The normalized spacial score (nSPS) is 25.6. The van der Waals surface area contributed by atoms with Gasteiger partial charge in [0.1, 0.15) is 23.7 Å². The fraction of sp³-hybridized carbons (Fsp3) is 0.400. The van der Waals surface area contributed by atoms with E-state index in [4.69, 9.17) is 9.84 Å². The first kappa shape index (κ1) is 42.6. The van der Waals surface area contributed by atoms with Crippen LogP contribution in [0.15, 0.2) is 108 Å². The number of hydrogen-bond donors (Lipinski definition) is 3. The summed E-state index contributed by atoms with van der Waals surface area (Å²) in [5.74, 6) is -2.49. The molecule has 0 spiro atoms. The van der Waals surface area contributed by atoms with Crippen LogP contribution in [0.5, 0.6) is 0 Å². The summed E-state index contributed by atoms with van der Waals surface area (Å²) in [4.78, 5) is 73.8. The number of hydrogen-bond acceptors (Lipinski definition) is 9. The molecule has 65 heavy (non-hydrogen) atoms. The molecule has 15 heteroatoms. The second-order valence-corrected chi connectivity index (χ2v) is 20.3. The molecule has 5 aliphatic rings. The Balaban J connectivity index is 1.06. The molecule has 1 saturated heterocycles. The predicted molar refractivity (Wildman–Crippen MR) is 246 cm³/mol. The standard InChI is InChI=1S/C50H52N6O8S/c57-45-43-27-34(56-47(59)44(40-23-11-16-32-14-7-9-21-38(32)40)41(29-51-56)39-22-10-15-31-13-6-8-20-37(31)39)30-55(43)46(58)42(52-49(61)64-35-18-12-19-35)24-5-3-1-2-4-17-33-28-50(33,53-45)48(60)54-65(62,63)36-25-26-36/h4,6-11,13-17,20-23,29,33-36,42-43H,1-3,5,12,18-19,24-28,30H2,(H,52,61)(H,53,57)(H,54,60)/b17-4-/t33?,34?,42?,43-,50?/m0/s1. The van der Waals surface area contributed by atoms with E-state index in [1.165, 1.54) is 9.58 Å². The molecule has 5 atom stereocenters. The number of aromatic nitrogens is 2. The molecule has 4 fully saturated rings. The van der Waals surface area contributed by atoms with Crippen LogP contribution in [0.4, 0.5) is 4.79 Å². The van der Waals surface area contributed by atoms with Crippen molar-refractivity contribution in [2.45, 2.75) is 112 Å². The molecular formula is C50H52N6O8S. The van der Waals surface area contributed by atoms with Gasteiger partial charge in [-0.05, 0) is 90.5 Å². The summed E-state index contributed by atoms with van der Waals surface area (Å²) in [6, 6.07) is 24.5. The Morgan fingerprint density at radius 1 is 0.785 bits per heavy atom. The third-order valence-corrected chi connectivity index (χ3v) is 15.8. The van der Waals surface area contributed by atoms with Crippen LogP contribution in [-0.4, -0.2) is 82.4 Å². The average molecular weight is 897 g/mol. The van der Waals surface area contributed by atoms with Crippen LogP contribution in [-0.2, 0) is 29.1 Å². The van der Waals surface area contributed by atoms with Gasteiger partial charge in [-0.1, -0.05) is 110 Å². The Hall–Kier alpha value is -6.35. The Labute approximate surface area is 376 Å². The van der Waals surface area contributed by atoms with Crippen LogP contribution in [0.25, 0.3) is 43.8 Å². The number of ether oxygens (including phenoxy) is 1. The fourth-order valence-electron chi connectivity index (χ4n) is 9.87. The summed E-state index contributed by atoms with van der Waals surface area (Å²) in [6.45, 7) is -0.110. The van der Waals surface area contributed by atoms with E-state index in [0.29, 0.717) is 42.4 Å². The van der Waals surface area contributed by atoms with Crippen molar-refractivity contribution < 1.29 is 32.3 Å². The zero-order valence-electron chi connectivity index (χ0n) is 36.0. The molecule has 2 aliphatic heterocycles. The highest BCUT2D eigenvalue weighted by atomic mass is 32.2. The van der Waals surface area contributed by atoms with Crippen LogP contribution >= 0.6 is 0 Å². The Kier molecular flexibility index (Phi) is 11.3. The summed E-state index contributed by atoms with van der Waals surface area (Å²) < 4.78 is 35.3. The molecule has 0 bridgehead atoms. The first-order valence-corrected chi connectivity index (χ1v) is 24.5. The van der Waals surface area contributed by atoms with Crippen LogP contribution in [0, 0.1) is 5.92 Å². The molecule has 4 unspecified atom stereocenters. The number of rotatable bonds is 8. The first-order valence-electron chi connectivity index (χ1n) is 22.9. The molecule has 4 aromatic carbocycles. The number of nitrogens with zero attached hydrogens (tertiary/aromatic N) is 3. The molecule has 3 aliphatic carbocycles. The third kappa shape index (κ3) is 8.30. The maximum Gasteiger partial charge on any atom is 0.408 e. The summed E-state index contributed by atoms with van der Waals surface area (Å²) >= 11 is 0. The molecular weight excluding hydrogens is 845 g/mol. The van der Waals surface area contributed by atoms with Crippen LogP contribution in [0.3, 0.4) is 0 Å². The summed E-state index contributed by atoms with van der Waals surface area (Å²) in [5, 5.41) is 13.6. The van der Waals surface area contributed by atoms with Crippen LogP contribution in [0.1, 0.15) is 83.1 Å². The molecule has 3 heterocycles. The van der Waals surface area contributed by atoms with Crippen LogP contribution in [0.2, 0.25) is 0 Å². The first-order chi connectivity index (χ1) is 31.5. The Morgan fingerprint density at radius 3 is 2.18 bits per heavy atom. The number of sulfonamides is 1. The smallest absolute Gasteiger partial charge is 0.408 e. The molecule has 5 aromatic rings. The highest BCUT2D eigenvalue weighted by Crippen LogP contribution is 2.46. The van der Waals surface area contributed by atoms with Gasteiger partial charge >= 0.3 is 6.09 Å². The zero-order valence-corrected chi connectivity index (χ0v) is 36.8. The van der Waals surface area contributed by atoms with Crippen molar-refractivity contribution in [3.8, 4) is 22.3 Å². The molecule has 336 valence electrons. The lowest BCUT2D eigenvalue weighted by Gasteiger charge is -2.31. The fourth-order valence-corrected chi connectivity index (χ4v) is 11.2. The molecule has 3 N–H and O–H groups in total. The largest absolute Gasteiger partial charge is 0.446 e. The average Bonchev–Trinajstić information content (AvgIpc) is 4.22. The lowest BCUT2D eigenvalue weighted by Crippen LogP contribution is -2.58. The van der Waals surface area contributed by atoms with E-state index < -0.39 is 74.2 Å². The highest BCUT2D eigenvalue weighted by molar-refractivity contribution is 7.91. The maximum atomic E-state index is 15.4. The lowest BCUT2D eigenvalue weighted by atomic mass is 9.91. The van der Waals surface area contributed by atoms with Crippen molar-refractivity contribution in [3.63, 3.8) is 0 Å². The van der Waals surface area contributed by atoms with Gasteiger partial charge < -0.3 is 20.3 Å². The number of nitrogens with one attached hydrogen (secondary N) is 3. The van der Waals surface area contributed by atoms with Gasteiger partial charge in [0.2, 0.25) is 21.8 Å². The molecule has 14 nitrogen and oxygen atoms in total. The van der Waals surface area contributed by atoms with Crippen molar-refractivity contribution in [2.75, 3.05) is 6.54 Å². The minimum Gasteiger partial charge on any atom is -0.446 e. The van der Waals surface area contributed by atoms with Gasteiger partial charge in [-0.25, -0.2) is 17.9 Å². The van der Waals surface area contributed by atoms with Crippen molar-refractivity contribution in [1.82, 2.24) is 30.0 Å². The second-order valence-electron chi connectivity index (χ2n) is 18.3. The molecule has 1 aromatic heterocycles. The van der Waals surface area contributed by atoms with Gasteiger partial charge in [0.15, 0.2) is 0 Å².